The van der Waals surface area contributed by atoms with Gasteiger partial charge >= 0.3 is 30.5 Å². The molecule has 0 atom stereocenters. The molecule has 0 nitrogen and oxygen atoms in total. The molecular weight excluding hydrogens is 273 g/mol. The highest BCUT2D eigenvalue weighted by Gasteiger charge is 2.71. The van der Waals surface area contributed by atoms with Crippen LogP contribution in [0.15, 0.2) is 0 Å². The summed E-state index contributed by atoms with van der Waals surface area (Å²) in [4.78, 5) is 0. The van der Waals surface area contributed by atoms with Crippen molar-refractivity contribution in [3.8, 4) is 0 Å². The largest absolute Gasteiger partial charge is 0.552 e. The molecule has 0 spiro atoms. The van der Waals surface area contributed by atoms with E-state index in [9.17, 15) is 30.7 Å². The van der Waals surface area contributed by atoms with Gasteiger partial charge in [0.2, 0.25) is 3.80 Å². The Kier molecular flexibility index (Phi) is 3.70. The lowest BCUT2D eigenvalue weighted by molar-refractivity contribution is -0.307. The van der Waals surface area contributed by atoms with E-state index in [0.29, 0.717) is 0 Å². The number of halogens is 8. The first-order chi connectivity index (χ1) is 5.06. The second-order valence-corrected chi connectivity index (χ2v) is 4.85. The van der Waals surface area contributed by atoms with Crippen LogP contribution in [0.25, 0.3) is 0 Å². The smallest absolute Gasteiger partial charge is 0.299 e. The summed E-state index contributed by atoms with van der Waals surface area (Å²) >= 11 is -1.11. The van der Waals surface area contributed by atoms with Gasteiger partial charge in [0.25, 0.3) is 0 Å². The van der Waals surface area contributed by atoms with Gasteiger partial charge < -0.3 is 0 Å². The first kappa shape index (κ1) is 12.8. The zero-order chi connectivity index (χ0) is 10.2. The summed E-state index contributed by atoms with van der Waals surface area (Å²) in [7, 11) is 0. The standard InChI is InChI=1S/C3F7.BrH.Mg/c4-1(2(5,6)7)3(8,9)10;;/h;1H;/q;;+1/p-1. The lowest BCUT2D eigenvalue weighted by Crippen LogP contribution is -2.56. The number of alkyl halides is 7. The van der Waals surface area contributed by atoms with Crippen molar-refractivity contribution in [2.45, 2.75) is 16.2 Å². The van der Waals surface area contributed by atoms with E-state index >= 15 is 0 Å². The summed E-state index contributed by atoms with van der Waals surface area (Å²) in [6.45, 7) is 0. The van der Waals surface area contributed by atoms with Crippen LogP contribution in [0.3, 0.4) is 0 Å². The number of hydrogen-bond acceptors (Lipinski definition) is 0. The van der Waals surface area contributed by atoms with Gasteiger partial charge in [0.15, 0.2) is 0 Å². The topological polar surface area (TPSA) is 0 Å². The van der Waals surface area contributed by atoms with E-state index in [1.165, 1.54) is 0 Å². The third-order valence-corrected chi connectivity index (χ3v) is 4.57. The van der Waals surface area contributed by atoms with E-state index in [1.54, 1.807) is 0 Å². The van der Waals surface area contributed by atoms with Crippen molar-refractivity contribution in [2.75, 3.05) is 0 Å². The molecule has 0 N–H and O–H groups in total. The van der Waals surface area contributed by atoms with E-state index in [4.69, 9.17) is 0 Å². The van der Waals surface area contributed by atoms with Crippen LogP contribution in [0.5, 0.6) is 0 Å². The molecule has 0 heterocycles. The molecule has 0 aliphatic rings. The predicted molar refractivity (Wildman–Crippen MR) is 30.6 cm³/mol. The van der Waals surface area contributed by atoms with E-state index < -0.39 is 34.3 Å². The first-order valence-electron chi connectivity index (χ1n) is 2.44. The summed E-state index contributed by atoms with van der Waals surface area (Å²) in [5.41, 5.74) is 0. The summed E-state index contributed by atoms with van der Waals surface area (Å²) in [6.07, 6.45) is -11.8. The van der Waals surface area contributed by atoms with Crippen LogP contribution in [0, 0.1) is 0 Å². The highest BCUT2D eigenvalue weighted by atomic mass is 79.9. The molecule has 0 aromatic carbocycles. The van der Waals surface area contributed by atoms with Crippen LogP contribution < -0.4 is 0 Å². The second-order valence-electron chi connectivity index (χ2n) is 1.93. The minimum atomic E-state index is -5.89. The van der Waals surface area contributed by atoms with Gasteiger partial charge in [-0.15, -0.1) is 0 Å². The van der Waals surface area contributed by atoms with E-state index in [1.807, 2.05) is 12.9 Å². The van der Waals surface area contributed by atoms with Crippen LogP contribution >= 0.6 is 12.9 Å². The van der Waals surface area contributed by atoms with Crippen LogP contribution in [0.2, 0.25) is 0 Å². The van der Waals surface area contributed by atoms with Crippen molar-refractivity contribution in [1.29, 1.82) is 0 Å². The molecule has 70 valence electrons. The van der Waals surface area contributed by atoms with Crippen LogP contribution in [0.1, 0.15) is 0 Å². The summed E-state index contributed by atoms with van der Waals surface area (Å²) in [6, 6.07) is 0. The van der Waals surface area contributed by atoms with Crippen molar-refractivity contribution in [2.24, 2.45) is 0 Å². The molecule has 0 aromatic rings. The predicted octanol–water partition coefficient (Wildman–Crippen LogP) is 2.79. The van der Waals surface area contributed by atoms with Crippen LogP contribution in [-0.2, 0) is 0 Å². The van der Waals surface area contributed by atoms with Gasteiger partial charge in [-0.2, -0.15) is 26.3 Å². The minimum Gasteiger partial charge on any atom is -0.299 e. The number of rotatable bonds is 1. The Bertz CT molecular complexity index is 145. The molecule has 0 unspecified atom stereocenters. The molecule has 9 heteroatoms. The lowest BCUT2D eigenvalue weighted by Gasteiger charge is -2.28. The zero-order valence-electron chi connectivity index (χ0n) is 5.23. The molecule has 0 aliphatic heterocycles. The third kappa shape index (κ3) is 2.16. The molecule has 0 fully saturated rings. The monoisotopic (exact) mass is 272 g/mol. The molecule has 0 saturated carbocycles. The van der Waals surface area contributed by atoms with Gasteiger partial charge in [-0.1, -0.05) is 0 Å². The Morgan fingerprint density at radius 3 is 1.00 bits per heavy atom. The van der Waals surface area contributed by atoms with Gasteiger partial charge in [0, 0.05) is 0 Å². The van der Waals surface area contributed by atoms with Crippen molar-refractivity contribution in [1.82, 2.24) is 0 Å². The molecule has 0 amide bonds. The molecule has 0 aliphatic carbocycles. The van der Waals surface area contributed by atoms with Gasteiger partial charge in [0.1, 0.15) is 0 Å². The summed E-state index contributed by atoms with van der Waals surface area (Å²) < 4.78 is 76.3. The Morgan fingerprint density at radius 1 is 0.750 bits per heavy atom. The molecule has 0 saturated heterocycles. The fourth-order valence-corrected chi connectivity index (χ4v) is 2.52. The molecule has 0 radical (unpaired) electrons. The lowest BCUT2D eigenvalue weighted by atomic mass is 10.3. The maximum atomic E-state index is 12.3. The molecule has 12 heavy (non-hydrogen) atoms. The van der Waals surface area contributed by atoms with Crippen molar-refractivity contribution in [3.05, 3.63) is 0 Å². The van der Waals surface area contributed by atoms with Gasteiger partial charge in [-0.25, -0.2) is 0 Å². The molecule has 0 bridgehead atoms. The normalized spacial score (nSPS) is 14.3. The van der Waals surface area contributed by atoms with Crippen molar-refractivity contribution < 1.29 is 30.7 Å². The summed E-state index contributed by atoms with van der Waals surface area (Å²) in [5, 5.41) is 0. The van der Waals surface area contributed by atoms with Crippen LogP contribution in [0.4, 0.5) is 30.7 Å². The van der Waals surface area contributed by atoms with E-state index in [0.717, 1.165) is 0 Å². The van der Waals surface area contributed by atoms with E-state index in [-0.39, 0.29) is 0 Å². The third-order valence-electron chi connectivity index (χ3n) is 1.08. The Morgan fingerprint density at radius 2 is 1.00 bits per heavy atom. The molecule has 0 rings (SSSR count). The summed E-state index contributed by atoms with van der Waals surface area (Å²) in [5.74, 6) is 0. The van der Waals surface area contributed by atoms with Crippen molar-refractivity contribution in [3.63, 3.8) is 0 Å². The van der Waals surface area contributed by atoms with E-state index in [2.05, 4.69) is 0 Å². The van der Waals surface area contributed by atoms with Gasteiger partial charge in [-0.3, -0.25) is 17.3 Å². The zero-order valence-corrected chi connectivity index (χ0v) is 8.23. The average Bonchev–Trinajstić information content (AvgIpc) is 1.81. The Labute approximate surface area is 78.1 Å². The average molecular weight is 273 g/mol. The fraction of sp³-hybridized carbons (Fsp3) is 1.00. The highest BCUT2D eigenvalue weighted by molar-refractivity contribution is 9.23. The Hall–Kier alpha value is 0.756. The molecule has 0 aromatic heterocycles. The van der Waals surface area contributed by atoms with Gasteiger partial charge in [-0.05, 0) is 0 Å². The Balaban J connectivity index is 4.95. The first-order valence-corrected chi connectivity index (χ1v) is 7.05. The maximum absolute atomic E-state index is 12.3. The highest BCUT2D eigenvalue weighted by Crippen LogP contribution is 2.45. The SMILES string of the molecule is FC(F)(F)[C](F)([Mg][Br])C(F)(F)F. The quantitative estimate of drug-likeness (QED) is 0.509. The maximum Gasteiger partial charge on any atom is 0.552 e. The van der Waals surface area contributed by atoms with Gasteiger partial charge in [0.05, 0.1) is 0 Å². The fourth-order valence-electron chi connectivity index (χ4n) is 0.312. The molecular formula is C3BrF7Mg. The van der Waals surface area contributed by atoms with Crippen molar-refractivity contribution >= 4 is 31.1 Å². The van der Waals surface area contributed by atoms with Crippen LogP contribution in [-0.4, -0.2) is 34.3 Å². The number of hydrogen-bond donors (Lipinski definition) is 0. The minimum absolute atomic E-state index is 1.97. The second kappa shape index (κ2) is 3.48.